The van der Waals surface area contributed by atoms with Gasteiger partial charge in [0, 0.05) is 18.3 Å². The Kier molecular flexibility index (Phi) is 6.20. The van der Waals surface area contributed by atoms with Crippen molar-refractivity contribution < 1.29 is 35.3 Å². The molecule has 35 heavy (non-hydrogen) atoms. The number of alkyl halides is 3. The van der Waals surface area contributed by atoms with Gasteiger partial charge >= 0.3 is 21.7 Å². The van der Waals surface area contributed by atoms with Gasteiger partial charge in [0.15, 0.2) is 0 Å². The number of hydrogen-bond donors (Lipinski definition) is 1. The molecule has 1 aliphatic heterocycles. The molecule has 1 N–H and O–H groups in total. The second kappa shape index (κ2) is 8.74. The molecule has 188 valence electrons. The predicted octanol–water partition coefficient (Wildman–Crippen LogP) is 5.53. The number of H-pyrrole nitrogens is 1. The van der Waals surface area contributed by atoms with Gasteiger partial charge in [-0.15, -0.1) is 0 Å². The summed E-state index contributed by atoms with van der Waals surface area (Å²) in [4.78, 5) is 22.0. The Labute approximate surface area is 200 Å². The predicted molar refractivity (Wildman–Crippen MR) is 122 cm³/mol. The lowest BCUT2D eigenvalue weighted by Crippen LogP contribution is -2.36. The summed E-state index contributed by atoms with van der Waals surface area (Å²) >= 11 is 0. The molecule has 0 spiro atoms. The van der Waals surface area contributed by atoms with E-state index in [0.717, 1.165) is 24.5 Å². The summed E-state index contributed by atoms with van der Waals surface area (Å²) in [6.07, 6.45) is 2.89. The number of nitrogens with one attached hydrogen (secondary N) is 1. The highest BCUT2D eigenvalue weighted by atomic mass is 32.2. The smallest absolute Gasteiger partial charge is 0.444 e. The fourth-order valence-electron chi connectivity index (χ4n) is 3.85. The summed E-state index contributed by atoms with van der Waals surface area (Å²) in [6.45, 7) is 6.00. The number of ether oxygens (including phenoxy) is 1. The van der Waals surface area contributed by atoms with E-state index < -0.39 is 33.1 Å². The van der Waals surface area contributed by atoms with Crippen molar-refractivity contribution >= 4 is 27.0 Å². The molecule has 1 saturated heterocycles. The van der Waals surface area contributed by atoms with Gasteiger partial charge in [-0.25, -0.2) is 9.78 Å². The van der Waals surface area contributed by atoms with Gasteiger partial charge in [0.25, 0.3) is 0 Å². The summed E-state index contributed by atoms with van der Waals surface area (Å²) in [6, 6.07) is 8.72. The highest BCUT2D eigenvalue weighted by molar-refractivity contribution is 7.88. The summed E-state index contributed by atoms with van der Waals surface area (Å²) in [5.41, 5.74) is -4.76. The van der Waals surface area contributed by atoms with E-state index in [1.807, 2.05) is 20.8 Å². The van der Waals surface area contributed by atoms with Crippen LogP contribution in [0.5, 0.6) is 5.75 Å². The van der Waals surface area contributed by atoms with Gasteiger partial charge in [-0.2, -0.15) is 21.6 Å². The van der Waals surface area contributed by atoms with Crippen LogP contribution in [0.25, 0.3) is 22.0 Å². The third-order valence-electron chi connectivity index (χ3n) is 5.39. The van der Waals surface area contributed by atoms with Crippen LogP contribution < -0.4 is 4.18 Å². The van der Waals surface area contributed by atoms with Crippen LogP contribution in [0.15, 0.2) is 42.6 Å². The molecule has 0 aliphatic carbocycles. The SMILES string of the molecule is CC(C)(C)OC(=O)N1CCC[C@H]1c1nc(-c2ccc3cc(OS(=O)(=O)C(F)(F)F)ccc3c2)c[nH]1. The second-order valence-electron chi connectivity index (χ2n) is 9.21. The molecule has 12 heteroatoms. The largest absolute Gasteiger partial charge is 0.534 e. The minimum absolute atomic E-state index is 0.241. The minimum Gasteiger partial charge on any atom is -0.444 e. The van der Waals surface area contributed by atoms with Crippen LogP contribution in [0.1, 0.15) is 45.5 Å². The van der Waals surface area contributed by atoms with E-state index in [-0.39, 0.29) is 6.04 Å². The van der Waals surface area contributed by atoms with Crippen LogP contribution in [0.3, 0.4) is 0 Å². The lowest BCUT2D eigenvalue weighted by Gasteiger charge is -2.27. The Bertz CT molecular complexity index is 1360. The Morgan fingerprint density at radius 2 is 1.80 bits per heavy atom. The number of hydrogen-bond acceptors (Lipinski definition) is 6. The maximum atomic E-state index is 12.6. The van der Waals surface area contributed by atoms with Crippen LogP contribution >= 0.6 is 0 Å². The number of rotatable bonds is 4. The number of carbonyl (C=O) groups excluding carboxylic acids is 1. The van der Waals surface area contributed by atoms with Crippen LogP contribution in [0, 0.1) is 0 Å². The molecule has 3 aromatic rings. The molecule has 0 radical (unpaired) electrons. The van der Waals surface area contributed by atoms with Crippen molar-refractivity contribution in [3.63, 3.8) is 0 Å². The standard InChI is InChI=1S/C23H24F3N3O5S/c1-22(2,3)33-21(30)29-10-4-5-19(29)20-27-13-18(28-20)16-7-6-15-12-17(9-8-14(15)11-16)34-35(31,32)23(24,25)26/h6-9,11-13,19H,4-5,10H2,1-3H3,(H,27,28)/t19-/m0/s1. The first-order valence-electron chi connectivity index (χ1n) is 10.8. The van der Waals surface area contributed by atoms with E-state index in [0.29, 0.717) is 28.8 Å². The fraction of sp³-hybridized carbons (Fsp3) is 0.391. The Hall–Kier alpha value is -3.28. The number of benzene rings is 2. The summed E-state index contributed by atoms with van der Waals surface area (Å²) in [7, 11) is -5.75. The third-order valence-corrected chi connectivity index (χ3v) is 6.37. The van der Waals surface area contributed by atoms with Gasteiger partial charge < -0.3 is 13.9 Å². The van der Waals surface area contributed by atoms with E-state index >= 15 is 0 Å². The fourth-order valence-corrected chi connectivity index (χ4v) is 4.31. The summed E-state index contributed by atoms with van der Waals surface area (Å²) in [5, 5.41) is 1.14. The van der Waals surface area contributed by atoms with Gasteiger partial charge in [0.05, 0.1) is 11.7 Å². The maximum Gasteiger partial charge on any atom is 0.534 e. The van der Waals surface area contributed by atoms with Crippen molar-refractivity contribution in [1.29, 1.82) is 0 Å². The molecule has 2 aromatic carbocycles. The van der Waals surface area contributed by atoms with Crippen molar-refractivity contribution in [2.45, 2.75) is 50.8 Å². The first-order valence-corrected chi connectivity index (χ1v) is 12.2. The molecule has 0 bridgehead atoms. The third kappa shape index (κ3) is 5.37. The lowest BCUT2D eigenvalue weighted by molar-refractivity contribution is -0.0500. The monoisotopic (exact) mass is 511 g/mol. The molecule has 0 unspecified atom stereocenters. The molecule has 1 amide bonds. The minimum atomic E-state index is -5.75. The highest BCUT2D eigenvalue weighted by Crippen LogP contribution is 2.34. The Morgan fingerprint density at radius 3 is 2.49 bits per heavy atom. The van der Waals surface area contributed by atoms with E-state index in [4.69, 9.17) is 4.74 Å². The molecule has 1 atom stereocenters. The summed E-state index contributed by atoms with van der Waals surface area (Å²) in [5.74, 6) is 0.192. The topological polar surface area (TPSA) is 102 Å². The average molecular weight is 512 g/mol. The molecular weight excluding hydrogens is 487 g/mol. The molecule has 1 aliphatic rings. The number of fused-ring (bicyclic) bond motifs is 1. The molecular formula is C23H24F3N3O5S. The average Bonchev–Trinajstić information content (AvgIpc) is 3.40. The Balaban J connectivity index is 1.55. The van der Waals surface area contributed by atoms with Crippen molar-refractivity contribution in [3.8, 4) is 17.0 Å². The van der Waals surface area contributed by atoms with Crippen molar-refractivity contribution in [3.05, 3.63) is 48.4 Å². The molecule has 4 rings (SSSR count). The van der Waals surface area contributed by atoms with Gasteiger partial charge in [-0.1, -0.05) is 18.2 Å². The quantitative estimate of drug-likeness (QED) is 0.365. The molecule has 1 aromatic heterocycles. The molecule has 0 saturated carbocycles. The molecule has 2 heterocycles. The first kappa shape index (κ1) is 24.8. The zero-order valence-corrected chi connectivity index (χ0v) is 20.0. The van der Waals surface area contributed by atoms with Crippen molar-refractivity contribution in [2.75, 3.05) is 6.54 Å². The number of aromatic amines is 1. The highest BCUT2D eigenvalue weighted by Gasteiger charge is 2.48. The van der Waals surface area contributed by atoms with E-state index in [9.17, 15) is 26.4 Å². The number of halogens is 3. The van der Waals surface area contributed by atoms with Gasteiger partial charge in [0.1, 0.15) is 17.2 Å². The second-order valence-corrected chi connectivity index (χ2v) is 10.7. The van der Waals surface area contributed by atoms with Crippen molar-refractivity contribution in [1.82, 2.24) is 14.9 Å². The summed E-state index contributed by atoms with van der Waals surface area (Å²) < 4.78 is 69.9. The number of carbonyl (C=O) groups is 1. The van der Waals surface area contributed by atoms with Crippen LogP contribution in [-0.4, -0.2) is 47.0 Å². The van der Waals surface area contributed by atoms with Crippen LogP contribution in [0.4, 0.5) is 18.0 Å². The maximum absolute atomic E-state index is 12.6. The molecule has 1 fully saturated rings. The van der Waals surface area contributed by atoms with Gasteiger partial charge in [0.2, 0.25) is 0 Å². The number of likely N-dealkylation sites (tertiary alicyclic amines) is 1. The first-order chi connectivity index (χ1) is 16.2. The van der Waals surface area contributed by atoms with Crippen LogP contribution in [0.2, 0.25) is 0 Å². The zero-order chi connectivity index (χ0) is 25.6. The van der Waals surface area contributed by atoms with E-state index in [1.54, 1.807) is 29.3 Å². The number of imidazole rings is 1. The lowest BCUT2D eigenvalue weighted by atomic mass is 10.1. The Morgan fingerprint density at radius 1 is 1.11 bits per heavy atom. The molecule has 8 nitrogen and oxygen atoms in total. The van der Waals surface area contributed by atoms with E-state index in [2.05, 4.69) is 14.2 Å². The van der Waals surface area contributed by atoms with Gasteiger partial charge in [-0.3, -0.25) is 4.90 Å². The zero-order valence-electron chi connectivity index (χ0n) is 19.2. The van der Waals surface area contributed by atoms with Crippen molar-refractivity contribution in [2.24, 2.45) is 0 Å². The van der Waals surface area contributed by atoms with E-state index in [1.165, 1.54) is 12.1 Å². The number of aromatic nitrogens is 2. The normalized spacial score (nSPS) is 17.1. The van der Waals surface area contributed by atoms with Crippen LogP contribution in [-0.2, 0) is 14.9 Å². The van der Waals surface area contributed by atoms with Gasteiger partial charge in [-0.05, 0) is 62.6 Å². The number of amides is 1. The number of nitrogens with zero attached hydrogens (tertiary/aromatic N) is 2.